The molecule has 0 aliphatic carbocycles. The Balaban J connectivity index is 2.18. The van der Waals surface area contributed by atoms with E-state index in [0.717, 1.165) is 38.6 Å². The molecule has 3 aromatic carbocycles. The molecule has 0 unspecified atom stereocenters. The van der Waals surface area contributed by atoms with Crippen molar-refractivity contribution in [3.05, 3.63) is 42.0 Å². The lowest BCUT2D eigenvalue weighted by atomic mass is 9.96. The van der Waals surface area contributed by atoms with Gasteiger partial charge in [-0.1, -0.05) is 6.07 Å². The van der Waals surface area contributed by atoms with Gasteiger partial charge in [-0.15, -0.1) is 0 Å². The van der Waals surface area contributed by atoms with Crippen molar-refractivity contribution in [2.75, 3.05) is 6.79 Å². The summed E-state index contributed by atoms with van der Waals surface area (Å²) in [5.74, 6) is 1.73. The van der Waals surface area contributed by atoms with Gasteiger partial charge in [-0.25, -0.2) is 0 Å². The van der Waals surface area contributed by atoms with Crippen LogP contribution in [0.2, 0.25) is 0 Å². The fourth-order valence-electron chi connectivity index (χ4n) is 2.78. The predicted molar refractivity (Wildman–Crippen MR) is 77.1 cm³/mol. The second-order valence-electron chi connectivity index (χ2n) is 4.90. The third-order valence-corrected chi connectivity index (χ3v) is 3.73. The SMILES string of the molecule is NCc1cc2cc3c(cc2c2cc(O)ccc12)OCO3. The number of phenols is 1. The summed E-state index contributed by atoms with van der Waals surface area (Å²) >= 11 is 0. The minimum Gasteiger partial charge on any atom is -0.508 e. The quantitative estimate of drug-likeness (QED) is 0.665. The minimum absolute atomic E-state index is 0.241. The molecule has 3 aromatic rings. The van der Waals surface area contributed by atoms with E-state index in [1.807, 2.05) is 18.2 Å². The largest absolute Gasteiger partial charge is 0.508 e. The Hall–Kier alpha value is -2.46. The van der Waals surface area contributed by atoms with Crippen molar-refractivity contribution >= 4 is 21.5 Å². The van der Waals surface area contributed by atoms with Gasteiger partial charge in [-0.05, 0) is 57.4 Å². The van der Waals surface area contributed by atoms with E-state index in [4.69, 9.17) is 15.2 Å². The van der Waals surface area contributed by atoms with Crippen molar-refractivity contribution in [3.8, 4) is 17.2 Å². The van der Waals surface area contributed by atoms with Crippen LogP contribution in [0.15, 0.2) is 36.4 Å². The maximum absolute atomic E-state index is 9.76. The second-order valence-corrected chi connectivity index (χ2v) is 4.90. The van der Waals surface area contributed by atoms with E-state index in [0.29, 0.717) is 6.54 Å². The topological polar surface area (TPSA) is 64.7 Å². The lowest BCUT2D eigenvalue weighted by Crippen LogP contribution is -1.97. The normalized spacial score (nSPS) is 13.2. The number of rotatable bonds is 1. The first-order chi connectivity index (χ1) is 9.76. The zero-order valence-corrected chi connectivity index (χ0v) is 10.7. The molecule has 0 aromatic heterocycles. The van der Waals surface area contributed by atoms with Crippen LogP contribution in [0.3, 0.4) is 0 Å². The summed E-state index contributed by atoms with van der Waals surface area (Å²) in [5, 5.41) is 13.8. The molecule has 1 aliphatic rings. The molecule has 0 bridgehead atoms. The van der Waals surface area contributed by atoms with Crippen molar-refractivity contribution in [2.45, 2.75) is 6.54 Å². The number of hydrogen-bond acceptors (Lipinski definition) is 4. The van der Waals surface area contributed by atoms with Crippen molar-refractivity contribution in [2.24, 2.45) is 5.73 Å². The average Bonchev–Trinajstić information content (AvgIpc) is 2.91. The lowest BCUT2D eigenvalue weighted by Gasteiger charge is -2.10. The Labute approximate surface area is 115 Å². The average molecular weight is 267 g/mol. The minimum atomic E-state index is 0.241. The van der Waals surface area contributed by atoms with E-state index in [1.54, 1.807) is 12.1 Å². The Bertz CT molecular complexity index is 842. The number of ether oxygens (including phenoxy) is 2. The molecule has 100 valence electrons. The first-order valence-electron chi connectivity index (χ1n) is 6.44. The molecule has 0 atom stereocenters. The van der Waals surface area contributed by atoms with E-state index in [9.17, 15) is 5.11 Å². The van der Waals surface area contributed by atoms with Crippen molar-refractivity contribution in [1.82, 2.24) is 0 Å². The van der Waals surface area contributed by atoms with Gasteiger partial charge in [-0.3, -0.25) is 0 Å². The molecular weight excluding hydrogens is 254 g/mol. The summed E-state index contributed by atoms with van der Waals surface area (Å²) in [6.07, 6.45) is 0. The zero-order valence-electron chi connectivity index (χ0n) is 10.7. The Kier molecular flexibility index (Phi) is 2.28. The van der Waals surface area contributed by atoms with E-state index in [-0.39, 0.29) is 12.5 Å². The van der Waals surface area contributed by atoms with Crippen LogP contribution in [-0.4, -0.2) is 11.9 Å². The van der Waals surface area contributed by atoms with Crippen molar-refractivity contribution < 1.29 is 14.6 Å². The van der Waals surface area contributed by atoms with Crippen LogP contribution in [0.4, 0.5) is 0 Å². The molecule has 0 saturated heterocycles. The molecular formula is C16H13NO3. The molecule has 1 heterocycles. The van der Waals surface area contributed by atoms with Gasteiger partial charge in [0.25, 0.3) is 0 Å². The monoisotopic (exact) mass is 267 g/mol. The predicted octanol–water partition coefficient (Wildman–Crippen LogP) is 2.89. The second kappa shape index (κ2) is 4.02. The molecule has 1 aliphatic heterocycles. The van der Waals surface area contributed by atoms with Gasteiger partial charge in [-0.2, -0.15) is 0 Å². The van der Waals surface area contributed by atoms with Gasteiger partial charge >= 0.3 is 0 Å². The maximum atomic E-state index is 9.76. The zero-order chi connectivity index (χ0) is 13.7. The molecule has 3 N–H and O–H groups in total. The first-order valence-corrected chi connectivity index (χ1v) is 6.44. The Morgan fingerprint density at radius 3 is 2.55 bits per heavy atom. The van der Waals surface area contributed by atoms with E-state index < -0.39 is 0 Å². The van der Waals surface area contributed by atoms with Crippen molar-refractivity contribution in [3.63, 3.8) is 0 Å². The van der Waals surface area contributed by atoms with Gasteiger partial charge in [0.15, 0.2) is 11.5 Å². The third kappa shape index (κ3) is 1.52. The van der Waals surface area contributed by atoms with E-state index in [2.05, 4.69) is 6.07 Å². The van der Waals surface area contributed by atoms with Crippen LogP contribution in [0.5, 0.6) is 17.2 Å². The molecule has 20 heavy (non-hydrogen) atoms. The summed E-state index contributed by atoms with van der Waals surface area (Å²) in [6, 6.07) is 11.3. The maximum Gasteiger partial charge on any atom is 0.231 e. The standard InChI is InChI=1S/C16H13NO3/c17-7-10-3-9-4-15-16(20-8-19-15)6-13(9)14-5-11(18)1-2-12(10)14/h1-6,18H,7-8,17H2. The highest BCUT2D eigenvalue weighted by Crippen LogP contribution is 2.40. The molecule has 4 nitrogen and oxygen atoms in total. The number of phenolic OH excluding ortho intramolecular Hbond substituents is 1. The summed E-state index contributed by atoms with van der Waals surface area (Å²) in [7, 11) is 0. The molecule has 0 amide bonds. The van der Waals surface area contributed by atoms with Crippen LogP contribution < -0.4 is 15.2 Å². The number of aromatic hydroxyl groups is 1. The summed E-state index contributed by atoms with van der Waals surface area (Å²) in [4.78, 5) is 0. The van der Waals surface area contributed by atoms with Gasteiger partial charge in [0.2, 0.25) is 6.79 Å². The van der Waals surface area contributed by atoms with Gasteiger partial charge in [0, 0.05) is 6.54 Å². The van der Waals surface area contributed by atoms with E-state index >= 15 is 0 Å². The molecule has 0 fully saturated rings. The number of fused-ring (bicyclic) bond motifs is 4. The Morgan fingerprint density at radius 2 is 1.75 bits per heavy atom. The van der Waals surface area contributed by atoms with Crippen LogP contribution >= 0.6 is 0 Å². The van der Waals surface area contributed by atoms with Crippen molar-refractivity contribution in [1.29, 1.82) is 0 Å². The summed E-state index contributed by atoms with van der Waals surface area (Å²) < 4.78 is 10.8. The summed E-state index contributed by atoms with van der Waals surface area (Å²) in [5.41, 5.74) is 6.89. The van der Waals surface area contributed by atoms with Crippen LogP contribution in [-0.2, 0) is 6.54 Å². The van der Waals surface area contributed by atoms with Gasteiger partial charge in [0.05, 0.1) is 0 Å². The van der Waals surface area contributed by atoms with Gasteiger partial charge < -0.3 is 20.3 Å². The number of benzene rings is 3. The molecule has 0 spiro atoms. The Morgan fingerprint density at radius 1 is 0.950 bits per heavy atom. The fourth-order valence-corrected chi connectivity index (χ4v) is 2.78. The fraction of sp³-hybridized carbons (Fsp3) is 0.125. The van der Waals surface area contributed by atoms with Crippen LogP contribution in [0.25, 0.3) is 21.5 Å². The summed E-state index contributed by atoms with van der Waals surface area (Å²) in [6.45, 7) is 0.699. The molecule has 0 radical (unpaired) electrons. The van der Waals surface area contributed by atoms with Crippen LogP contribution in [0, 0.1) is 0 Å². The first kappa shape index (κ1) is 11.4. The molecule has 0 saturated carbocycles. The number of nitrogens with two attached hydrogens (primary N) is 1. The molecule has 4 rings (SSSR count). The third-order valence-electron chi connectivity index (χ3n) is 3.73. The lowest BCUT2D eigenvalue weighted by molar-refractivity contribution is 0.174. The highest BCUT2D eigenvalue weighted by molar-refractivity contribution is 6.10. The van der Waals surface area contributed by atoms with E-state index in [1.165, 1.54) is 0 Å². The highest BCUT2D eigenvalue weighted by Gasteiger charge is 2.16. The molecule has 4 heteroatoms. The van der Waals surface area contributed by atoms with Crippen LogP contribution in [0.1, 0.15) is 5.56 Å². The van der Waals surface area contributed by atoms with Gasteiger partial charge in [0.1, 0.15) is 5.75 Å². The highest BCUT2D eigenvalue weighted by atomic mass is 16.7. The smallest absolute Gasteiger partial charge is 0.231 e. The number of hydrogen-bond donors (Lipinski definition) is 2.